The molecule has 6 nitrogen and oxygen atoms in total. The lowest BCUT2D eigenvalue weighted by atomic mass is 10.2. The Morgan fingerprint density at radius 2 is 1.50 bits per heavy atom. The first-order valence-corrected chi connectivity index (χ1v) is 5.72. The zero-order valence-corrected chi connectivity index (χ0v) is 12.1. The van der Waals surface area contributed by atoms with Crippen LogP contribution < -0.4 is 0 Å². The first-order valence-electron chi connectivity index (χ1n) is 5.72. The molecular formula is C14H22O6. The van der Waals surface area contributed by atoms with E-state index in [0.717, 1.165) is 6.08 Å². The molecule has 20 heavy (non-hydrogen) atoms. The lowest BCUT2D eigenvalue weighted by molar-refractivity contribution is -0.137. The van der Waals surface area contributed by atoms with Gasteiger partial charge in [-0.2, -0.15) is 0 Å². The first-order chi connectivity index (χ1) is 9.13. The molecule has 0 aromatic carbocycles. The van der Waals surface area contributed by atoms with Crippen molar-refractivity contribution in [3.63, 3.8) is 0 Å². The van der Waals surface area contributed by atoms with Gasteiger partial charge in [0.2, 0.25) is 0 Å². The molecule has 0 aromatic heterocycles. The van der Waals surface area contributed by atoms with Crippen LogP contribution in [0.4, 0.5) is 0 Å². The molecule has 0 spiro atoms. The van der Waals surface area contributed by atoms with E-state index in [1.807, 2.05) is 0 Å². The molecule has 0 bridgehead atoms. The fourth-order valence-corrected chi connectivity index (χ4v) is 0.352. The lowest BCUT2D eigenvalue weighted by Gasteiger charge is -1.90. The van der Waals surface area contributed by atoms with E-state index in [1.165, 1.54) is 6.92 Å². The number of esters is 1. The maximum absolute atomic E-state index is 10.1. The van der Waals surface area contributed by atoms with Crippen molar-refractivity contribution in [2.75, 3.05) is 6.61 Å². The smallest absolute Gasteiger partial charge is 0.330 e. The predicted octanol–water partition coefficient (Wildman–Crippen LogP) is 2.42. The third-order valence-electron chi connectivity index (χ3n) is 1.55. The Morgan fingerprint density at radius 3 is 1.55 bits per heavy atom. The summed E-state index contributed by atoms with van der Waals surface area (Å²) in [4.78, 5) is 29.5. The molecule has 0 aliphatic heterocycles. The number of carboxylic acid groups (broad SMARTS) is 2. The molecule has 0 saturated heterocycles. The van der Waals surface area contributed by atoms with Gasteiger partial charge < -0.3 is 14.9 Å². The van der Waals surface area contributed by atoms with E-state index in [2.05, 4.69) is 24.5 Å². The van der Waals surface area contributed by atoms with Gasteiger partial charge in [-0.15, -0.1) is 0 Å². The molecule has 2 N–H and O–H groups in total. The van der Waals surface area contributed by atoms with Gasteiger partial charge in [0.15, 0.2) is 0 Å². The van der Waals surface area contributed by atoms with Crippen LogP contribution in [0.5, 0.6) is 0 Å². The third-order valence-corrected chi connectivity index (χ3v) is 1.55. The summed E-state index contributed by atoms with van der Waals surface area (Å²) < 4.78 is 4.43. The Balaban J connectivity index is -0.000000218. The molecule has 0 radical (unpaired) electrons. The Bertz CT molecular complexity index is 354. The van der Waals surface area contributed by atoms with Crippen molar-refractivity contribution < 1.29 is 29.3 Å². The average Bonchev–Trinajstić information content (AvgIpc) is 2.39. The number of carbonyl (C=O) groups is 3. The molecule has 6 heteroatoms. The Hall–Kier alpha value is -2.37. The maximum Gasteiger partial charge on any atom is 0.330 e. The predicted molar refractivity (Wildman–Crippen MR) is 76.3 cm³/mol. The second kappa shape index (κ2) is 14.7. The van der Waals surface area contributed by atoms with Crippen molar-refractivity contribution in [1.82, 2.24) is 0 Å². The monoisotopic (exact) mass is 286 g/mol. The average molecular weight is 286 g/mol. The number of aliphatic carboxylic acids is 2. The van der Waals surface area contributed by atoms with Crippen LogP contribution in [-0.2, 0) is 19.1 Å². The minimum atomic E-state index is -0.935. The summed E-state index contributed by atoms with van der Waals surface area (Å²) in [6.45, 7) is 15.0. The third kappa shape index (κ3) is 21.0. The number of carbonyl (C=O) groups excluding carboxylic acids is 1. The highest BCUT2D eigenvalue weighted by Gasteiger charge is 1.96. The van der Waals surface area contributed by atoms with E-state index < -0.39 is 11.9 Å². The highest BCUT2D eigenvalue weighted by molar-refractivity contribution is 5.85. The zero-order valence-electron chi connectivity index (χ0n) is 12.1. The van der Waals surface area contributed by atoms with Gasteiger partial charge in [-0.3, -0.25) is 0 Å². The normalized spacial score (nSPS) is 7.75. The number of ether oxygens (including phenoxy) is 1. The molecule has 0 atom stereocenters. The van der Waals surface area contributed by atoms with Gasteiger partial charge in [0.05, 0.1) is 6.61 Å². The van der Waals surface area contributed by atoms with Gasteiger partial charge in [-0.1, -0.05) is 26.7 Å². The van der Waals surface area contributed by atoms with Crippen LogP contribution in [0.15, 0.2) is 37.0 Å². The van der Waals surface area contributed by atoms with Crippen LogP contribution in [0.25, 0.3) is 0 Å². The standard InChI is InChI=1S/2C5H8O2.C4H6O2/c1-3-5(6)7-4-2;1-3-4(2)5(6)7;1-3(2)4(5)6/h3H,1,4H2,2H3;2-3H2,1H3,(H,6,7);1H2,2H3,(H,5,6). The molecule has 0 fully saturated rings. The second-order valence-corrected chi connectivity index (χ2v) is 3.30. The molecular weight excluding hydrogens is 264 g/mol. The Labute approximate surface area is 119 Å². The largest absolute Gasteiger partial charge is 0.478 e. The highest BCUT2D eigenvalue weighted by Crippen LogP contribution is 1.93. The summed E-state index contributed by atoms with van der Waals surface area (Å²) in [5.41, 5.74) is 0.440. The topological polar surface area (TPSA) is 101 Å². The summed E-state index contributed by atoms with van der Waals surface area (Å²) in [5.74, 6) is -2.19. The first kappa shape index (κ1) is 22.8. The SMILES string of the molecule is C=C(C)C(=O)O.C=C(CC)C(=O)O.C=CC(=O)OCC. The molecule has 114 valence electrons. The van der Waals surface area contributed by atoms with Gasteiger partial charge >= 0.3 is 17.9 Å². The van der Waals surface area contributed by atoms with Crippen LogP contribution in [-0.4, -0.2) is 34.7 Å². The van der Waals surface area contributed by atoms with Crippen molar-refractivity contribution in [3.05, 3.63) is 37.0 Å². The van der Waals surface area contributed by atoms with Gasteiger partial charge in [-0.05, 0) is 20.3 Å². The van der Waals surface area contributed by atoms with E-state index in [4.69, 9.17) is 10.2 Å². The summed E-state index contributed by atoms with van der Waals surface area (Å²) >= 11 is 0. The van der Waals surface area contributed by atoms with E-state index in [0.29, 0.717) is 13.0 Å². The number of hydrogen-bond acceptors (Lipinski definition) is 4. The van der Waals surface area contributed by atoms with E-state index in [-0.39, 0.29) is 17.1 Å². The molecule has 0 aliphatic rings. The summed E-state index contributed by atoms with van der Waals surface area (Å²) in [7, 11) is 0. The molecule has 0 rings (SSSR count). The molecule has 0 aromatic rings. The van der Waals surface area contributed by atoms with Crippen molar-refractivity contribution in [1.29, 1.82) is 0 Å². The van der Waals surface area contributed by atoms with E-state index in [1.54, 1.807) is 13.8 Å². The van der Waals surface area contributed by atoms with Crippen LogP contribution in [0.2, 0.25) is 0 Å². The van der Waals surface area contributed by atoms with Crippen LogP contribution in [0.1, 0.15) is 27.2 Å². The van der Waals surface area contributed by atoms with Crippen LogP contribution in [0, 0.1) is 0 Å². The summed E-state index contributed by atoms with van der Waals surface area (Å²) in [6.07, 6.45) is 1.67. The molecule has 0 heterocycles. The molecule has 0 aliphatic carbocycles. The number of carboxylic acids is 2. The minimum absolute atomic E-state index is 0.176. The van der Waals surface area contributed by atoms with Gasteiger partial charge in [0.1, 0.15) is 0 Å². The lowest BCUT2D eigenvalue weighted by Crippen LogP contribution is -1.97. The van der Waals surface area contributed by atoms with Crippen LogP contribution in [0.3, 0.4) is 0 Å². The minimum Gasteiger partial charge on any atom is -0.478 e. The highest BCUT2D eigenvalue weighted by atomic mass is 16.5. The number of hydrogen-bond donors (Lipinski definition) is 2. The Morgan fingerprint density at radius 1 is 1.10 bits per heavy atom. The van der Waals surface area contributed by atoms with Crippen LogP contribution >= 0.6 is 0 Å². The number of rotatable bonds is 5. The quantitative estimate of drug-likeness (QED) is 0.594. The molecule has 0 saturated carbocycles. The fraction of sp³-hybridized carbons (Fsp3) is 0.357. The van der Waals surface area contributed by atoms with Crippen molar-refractivity contribution in [2.24, 2.45) is 0 Å². The second-order valence-electron chi connectivity index (χ2n) is 3.30. The summed E-state index contributed by atoms with van der Waals surface area (Å²) in [5, 5.41) is 16.0. The maximum atomic E-state index is 10.1. The molecule has 0 unspecified atom stereocenters. The molecule has 0 amide bonds. The van der Waals surface area contributed by atoms with Crippen molar-refractivity contribution in [3.8, 4) is 0 Å². The summed E-state index contributed by atoms with van der Waals surface area (Å²) in [6, 6.07) is 0. The van der Waals surface area contributed by atoms with Crippen molar-refractivity contribution >= 4 is 17.9 Å². The fourth-order valence-electron chi connectivity index (χ4n) is 0.352. The van der Waals surface area contributed by atoms with Gasteiger partial charge in [0, 0.05) is 17.2 Å². The van der Waals surface area contributed by atoms with E-state index in [9.17, 15) is 14.4 Å². The van der Waals surface area contributed by atoms with E-state index >= 15 is 0 Å². The van der Waals surface area contributed by atoms with Gasteiger partial charge in [-0.25, -0.2) is 14.4 Å². The Kier molecular flexibility index (Phi) is 16.7. The van der Waals surface area contributed by atoms with Crippen molar-refractivity contribution in [2.45, 2.75) is 27.2 Å². The van der Waals surface area contributed by atoms with Gasteiger partial charge in [0.25, 0.3) is 0 Å². The zero-order chi connectivity index (χ0) is 16.7.